The van der Waals surface area contributed by atoms with Crippen molar-refractivity contribution < 1.29 is 13.2 Å². The number of pyridine rings is 1. The molecule has 0 amide bonds. The fourth-order valence-electron chi connectivity index (χ4n) is 1.65. The second-order valence-corrected chi connectivity index (χ2v) is 3.49. The molecule has 0 aliphatic heterocycles. The van der Waals surface area contributed by atoms with E-state index in [-0.39, 0.29) is 15.6 Å². The smallest absolute Gasteiger partial charge is 0.269 e. The van der Waals surface area contributed by atoms with Crippen molar-refractivity contribution in [3.05, 3.63) is 46.2 Å². The molecule has 2 aromatic rings. The molecule has 1 aromatic carbocycles. The Bertz CT molecular complexity index is 598. The lowest BCUT2D eigenvalue weighted by Gasteiger charge is -2.14. The first-order valence-corrected chi connectivity index (χ1v) is 4.60. The van der Waals surface area contributed by atoms with E-state index in [4.69, 9.17) is 0 Å². The van der Waals surface area contributed by atoms with Gasteiger partial charge in [-0.1, -0.05) is 18.2 Å². The number of aromatic nitrogens is 1. The fraction of sp³-hybridized carbons (Fsp3) is 0.182. The molecule has 0 saturated carbocycles. The molecule has 5 heteroatoms. The van der Waals surface area contributed by atoms with Crippen molar-refractivity contribution in [2.45, 2.75) is 13.2 Å². The maximum Gasteiger partial charge on any atom is 0.491 e. The minimum atomic E-state index is -4.69. The monoisotopic (exact) mass is 227 g/mol. The molecule has 0 saturated heterocycles. The van der Waals surface area contributed by atoms with Crippen molar-refractivity contribution >= 4 is 10.9 Å². The molecule has 0 atom stereocenters. The van der Waals surface area contributed by atoms with Gasteiger partial charge in [-0.2, -0.15) is 0 Å². The van der Waals surface area contributed by atoms with Gasteiger partial charge in [0.2, 0.25) is 0 Å². The first kappa shape index (κ1) is 10.7. The number of halogens is 3. The van der Waals surface area contributed by atoms with Gasteiger partial charge >= 0.3 is 6.30 Å². The highest BCUT2D eigenvalue weighted by Gasteiger charge is 2.33. The van der Waals surface area contributed by atoms with Gasteiger partial charge in [0.05, 0.1) is 5.52 Å². The Morgan fingerprint density at radius 2 is 1.81 bits per heavy atom. The van der Waals surface area contributed by atoms with Crippen LogP contribution in [0.25, 0.3) is 10.9 Å². The van der Waals surface area contributed by atoms with E-state index in [1.165, 1.54) is 25.1 Å². The molecular weight excluding hydrogens is 219 g/mol. The van der Waals surface area contributed by atoms with Gasteiger partial charge in [0, 0.05) is 5.56 Å². The van der Waals surface area contributed by atoms with Crippen LogP contribution >= 0.6 is 0 Å². The molecule has 1 heterocycles. The molecule has 0 N–H and O–H groups in total. The van der Waals surface area contributed by atoms with Gasteiger partial charge in [-0.25, -0.2) is 4.57 Å². The predicted molar refractivity (Wildman–Crippen MR) is 54.2 cm³/mol. The van der Waals surface area contributed by atoms with Crippen molar-refractivity contribution in [3.8, 4) is 0 Å². The number of benzene rings is 1. The van der Waals surface area contributed by atoms with E-state index >= 15 is 0 Å². The van der Waals surface area contributed by atoms with Crippen LogP contribution < -0.4 is 5.56 Å². The van der Waals surface area contributed by atoms with Crippen molar-refractivity contribution in [2.24, 2.45) is 0 Å². The summed E-state index contributed by atoms with van der Waals surface area (Å²) in [6, 6.07) is 7.39. The zero-order valence-electron chi connectivity index (χ0n) is 8.38. The van der Waals surface area contributed by atoms with Gasteiger partial charge in [0.25, 0.3) is 5.56 Å². The van der Waals surface area contributed by atoms with Gasteiger partial charge in [-0.15, -0.1) is 13.2 Å². The molecule has 0 fully saturated rings. The molecule has 0 bridgehead atoms. The summed E-state index contributed by atoms with van der Waals surface area (Å²) in [4.78, 5) is 11.5. The summed E-state index contributed by atoms with van der Waals surface area (Å²) < 4.78 is 38.0. The SMILES string of the molecule is Cc1cc2ccccc2n(C(F)(F)F)c1=O. The first-order chi connectivity index (χ1) is 7.41. The summed E-state index contributed by atoms with van der Waals surface area (Å²) in [6.07, 6.45) is -4.69. The number of nitrogens with zero attached hydrogens (tertiary/aromatic N) is 1. The minimum Gasteiger partial charge on any atom is -0.269 e. The molecule has 0 aliphatic rings. The Morgan fingerprint density at radius 1 is 1.19 bits per heavy atom. The van der Waals surface area contributed by atoms with E-state index < -0.39 is 11.9 Å². The molecule has 2 rings (SSSR count). The van der Waals surface area contributed by atoms with E-state index in [2.05, 4.69) is 0 Å². The summed E-state index contributed by atoms with van der Waals surface area (Å²) in [5, 5.41) is 0.400. The predicted octanol–water partition coefficient (Wildman–Crippen LogP) is 2.79. The number of para-hydroxylation sites is 1. The largest absolute Gasteiger partial charge is 0.491 e. The Labute approximate surface area is 88.9 Å². The Balaban J connectivity index is 2.99. The van der Waals surface area contributed by atoms with Crippen LogP contribution in [0.2, 0.25) is 0 Å². The Kier molecular flexibility index (Phi) is 2.26. The number of hydrogen-bond acceptors (Lipinski definition) is 1. The highest BCUT2D eigenvalue weighted by Crippen LogP contribution is 2.25. The third kappa shape index (κ3) is 1.58. The first-order valence-electron chi connectivity index (χ1n) is 4.60. The van der Waals surface area contributed by atoms with Crippen molar-refractivity contribution in [2.75, 3.05) is 0 Å². The molecule has 2 nitrogen and oxygen atoms in total. The third-order valence-electron chi connectivity index (χ3n) is 2.34. The third-order valence-corrected chi connectivity index (χ3v) is 2.34. The second kappa shape index (κ2) is 3.37. The van der Waals surface area contributed by atoms with Gasteiger partial charge in [0.1, 0.15) is 0 Å². The molecule has 0 spiro atoms. The number of hydrogen-bond donors (Lipinski definition) is 0. The number of alkyl halides is 3. The summed E-state index contributed by atoms with van der Waals surface area (Å²) >= 11 is 0. The number of aryl methyl sites for hydroxylation is 1. The highest BCUT2D eigenvalue weighted by atomic mass is 19.4. The minimum absolute atomic E-state index is 0.0797. The van der Waals surface area contributed by atoms with Crippen molar-refractivity contribution in [1.82, 2.24) is 4.57 Å². The Morgan fingerprint density at radius 3 is 2.44 bits per heavy atom. The molecule has 0 radical (unpaired) electrons. The zero-order valence-corrected chi connectivity index (χ0v) is 8.38. The standard InChI is InChI=1S/C11H8F3NO/c1-7-6-8-4-2-3-5-9(8)15(10(7)16)11(12,13)14/h2-6H,1H3. The lowest BCUT2D eigenvalue weighted by atomic mass is 10.1. The fourth-order valence-corrected chi connectivity index (χ4v) is 1.65. The van der Waals surface area contributed by atoms with Crippen LogP contribution in [-0.4, -0.2) is 4.57 Å². The topological polar surface area (TPSA) is 22.0 Å². The lowest BCUT2D eigenvalue weighted by molar-refractivity contribution is -0.203. The van der Waals surface area contributed by atoms with Crippen molar-refractivity contribution in [1.29, 1.82) is 0 Å². The molecule has 16 heavy (non-hydrogen) atoms. The maximum atomic E-state index is 12.7. The van der Waals surface area contributed by atoms with E-state index in [1.54, 1.807) is 12.1 Å². The van der Waals surface area contributed by atoms with Crippen LogP contribution in [0, 0.1) is 6.92 Å². The van der Waals surface area contributed by atoms with E-state index in [0.29, 0.717) is 5.39 Å². The van der Waals surface area contributed by atoms with Gasteiger partial charge in [-0.05, 0) is 24.4 Å². The van der Waals surface area contributed by atoms with Crippen LogP contribution in [0.1, 0.15) is 5.56 Å². The van der Waals surface area contributed by atoms with Gasteiger partial charge in [-0.3, -0.25) is 4.79 Å². The molecule has 84 valence electrons. The molecular formula is C11H8F3NO. The quantitative estimate of drug-likeness (QED) is 0.678. The van der Waals surface area contributed by atoms with E-state index in [9.17, 15) is 18.0 Å². The van der Waals surface area contributed by atoms with Crippen LogP contribution in [0.5, 0.6) is 0 Å². The van der Waals surface area contributed by atoms with Gasteiger partial charge < -0.3 is 0 Å². The van der Waals surface area contributed by atoms with Crippen molar-refractivity contribution in [3.63, 3.8) is 0 Å². The van der Waals surface area contributed by atoms with Crippen LogP contribution in [0.3, 0.4) is 0 Å². The number of rotatable bonds is 0. The highest BCUT2D eigenvalue weighted by molar-refractivity contribution is 5.79. The second-order valence-electron chi connectivity index (χ2n) is 3.49. The van der Waals surface area contributed by atoms with Crippen LogP contribution in [0.4, 0.5) is 13.2 Å². The summed E-state index contributed by atoms with van der Waals surface area (Å²) in [6.45, 7) is 1.37. The average Bonchev–Trinajstić information content (AvgIpc) is 2.17. The van der Waals surface area contributed by atoms with E-state index in [0.717, 1.165) is 0 Å². The lowest BCUT2D eigenvalue weighted by Crippen LogP contribution is -2.32. The zero-order chi connectivity index (χ0) is 11.9. The van der Waals surface area contributed by atoms with E-state index in [1.807, 2.05) is 0 Å². The summed E-state index contributed by atoms with van der Waals surface area (Å²) in [7, 11) is 0. The molecule has 1 aromatic heterocycles. The molecule has 0 aliphatic carbocycles. The number of fused-ring (bicyclic) bond motifs is 1. The average molecular weight is 227 g/mol. The molecule has 0 unspecified atom stereocenters. The normalized spacial score (nSPS) is 12.0. The Hall–Kier alpha value is -1.78. The summed E-state index contributed by atoms with van der Waals surface area (Å²) in [5.41, 5.74) is -1.06. The summed E-state index contributed by atoms with van der Waals surface area (Å²) in [5.74, 6) is 0. The maximum absolute atomic E-state index is 12.7. The van der Waals surface area contributed by atoms with Crippen LogP contribution in [-0.2, 0) is 6.30 Å². The van der Waals surface area contributed by atoms with Crippen LogP contribution in [0.15, 0.2) is 35.1 Å². The van der Waals surface area contributed by atoms with Gasteiger partial charge in [0.15, 0.2) is 0 Å².